The Morgan fingerprint density at radius 1 is 1.39 bits per heavy atom. The van der Waals surface area contributed by atoms with Crippen LogP contribution in [-0.2, 0) is 19.4 Å². The van der Waals surface area contributed by atoms with Gasteiger partial charge in [0.05, 0.1) is 0 Å². The summed E-state index contributed by atoms with van der Waals surface area (Å²) in [7, 11) is 0. The first kappa shape index (κ1) is 12.0. The fourth-order valence-corrected chi connectivity index (χ4v) is 3.17. The van der Waals surface area contributed by atoms with E-state index < -0.39 is 0 Å². The summed E-state index contributed by atoms with van der Waals surface area (Å²) in [5.74, 6) is 0.786. The highest BCUT2D eigenvalue weighted by molar-refractivity contribution is 5.26. The molecule has 0 amide bonds. The molecule has 1 heterocycles. The number of hydrogen-bond donors (Lipinski definition) is 1. The molecule has 0 radical (unpaired) electrons. The first-order valence-corrected chi connectivity index (χ1v) is 7.24. The summed E-state index contributed by atoms with van der Waals surface area (Å²) >= 11 is 0. The minimum absolute atomic E-state index is 0.180. The Hall–Kier alpha value is -1.09. The Bertz CT molecular complexity index is 488. The molecule has 0 saturated heterocycles. The molecule has 0 aliphatic heterocycles. The summed E-state index contributed by atoms with van der Waals surface area (Å²) in [6, 6.07) is 4.26. The number of nitrogens with one attached hydrogen (secondary N) is 1. The van der Waals surface area contributed by atoms with Gasteiger partial charge in [0.25, 0.3) is 5.56 Å². The summed E-state index contributed by atoms with van der Waals surface area (Å²) in [5.41, 5.74) is 2.87. The minimum atomic E-state index is 0.180. The zero-order valence-corrected chi connectivity index (χ0v) is 11.1. The molecular formula is C15H22N2O. The van der Waals surface area contributed by atoms with Crippen molar-refractivity contribution >= 4 is 0 Å². The molecule has 1 atom stereocenters. The lowest BCUT2D eigenvalue weighted by Gasteiger charge is -2.21. The molecular weight excluding hydrogens is 224 g/mol. The van der Waals surface area contributed by atoms with Gasteiger partial charge in [-0.15, -0.1) is 0 Å². The average Bonchev–Trinajstić information content (AvgIpc) is 3.10. The lowest BCUT2D eigenvalue weighted by Crippen LogP contribution is -2.39. The second-order valence-corrected chi connectivity index (χ2v) is 5.61. The molecule has 0 aromatic carbocycles. The van der Waals surface area contributed by atoms with Crippen molar-refractivity contribution in [3.63, 3.8) is 0 Å². The SMILES string of the molecule is CCNC(Cn1c2c(ccc1=O)CCC2)C1CC1. The molecule has 0 spiro atoms. The van der Waals surface area contributed by atoms with Crippen LogP contribution in [0.4, 0.5) is 0 Å². The fraction of sp³-hybridized carbons (Fsp3) is 0.667. The second-order valence-electron chi connectivity index (χ2n) is 5.61. The van der Waals surface area contributed by atoms with E-state index in [-0.39, 0.29) is 5.56 Å². The van der Waals surface area contributed by atoms with E-state index in [4.69, 9.17) is 0 Å². The first-order chi connectivity index (χ1) is 8.79. The molecule has 1 unspecified atom stereocenters. The van der Waals surface area contributed by atoms with Crippen molar-refractivity contribution in [1.82, 2.24) is 9.88 Å². The Morgan fingerprint density at radius 2 is 2.22 bits per heavy atom. The number of fused-ring (bicyclic) bond motifs is 1. The van der Waals surface area contributed by atoms with Crippen molar-refractivity contribution in [1.29, 1.82) is 0 Å². The van der Waals surface area contributed by atoms with Crippen molar-refractivity contribution in [3.05, 3.63) is 33.7 Å². The van der Waals surface area contributed by atoms with Gasteiger partial charge < -0.3 is 9.88 Å². The summed E-state index contributed by atoms with van der Waals surface area (Å²) in [6.07, 6.45) is 6.07. The van der Waals surface area contributed by atoms with Gasteiger partial charge in [-0.25, -0.2) is 0 Å². The average molecular weight is 246 g/mol. The largest absolute Gasteiger partial charge is 0.312 e. The fourth-order valence-electron chi connectivity index (χ4n) is 3.17. The van der Waals surface area contributed by atoms with Gasteiger partial charge in [-0.1, -0.05) is 13.0 Å². The number of hydrogen-bond acceptors (Lipinski definition) is 2. The summed E-state index contributed by atoms with van der Waals surface area (Å²) in [4.78, 5) is 12.1. The van der Waals surface area contributed by atoms with Crippen LogP contribution >= 0.6 is 0 Å². The third kappa shape index (κ3) is 2.24. The smallest absolute Gasteiger partial charge is 0.250 e. The van der Waals surface area contributed by atoms with Gasteiger partial charge in [0, 0.05) is 24.3 Å². The third-order valence-corrected chi connectivity index (χ3v) is 4.29. The molecule has 98 valence electrons. The predicted molar refractivity (Wildman–Crippen MR) is 72.9 cm³/mol. The topological polar surface area (TPSA) is 34.0 Å². The van der Waals surface area contributed by atoms with Gasteiger partial charge >= 0.3 is 0 Å². The van der Waals surface area contributed by atoms with Crippen LogP contribution in [0.3, 0.4) is 0 Å². The summed E-state index contributed by atoms with van der Waals surface area (Å²) in [5, 5.41) is 3.55. The van der Waals surface area contributed by atoms with Gasteiger partial charge in [0.2, 0.25) is 0 Å². The highest BCUT2D eigenvalue weighted by Gasteiger charge is 2.31. The highest BCUT2D eigenvalue weighted by atomic mass is 16.1. The second kappa shape index (κ2) is 4.88. The maximum Gasteiger partial charge on any atom is 0.250 e. The summed E-state index contributed by atoms with van der Waals surface area (Å²) in [6.45, 7) is 4.00. The van der Waals surface area contributed by atoms with E-state index in [1.165, 1.54) is 30.5 Å². The summed E-state index contributed by atoms with van der Waals surface area (Å²) < 4.78 is 2.04. The van der Waals surface area contributed by atoms with Crippen LogP contribution in [0.15, 0.2) is 16.9 Å². The van der Waals surface area contributed by atoms with Gasteiger partial charge in [0.15, 0.2) is 0 Å². The molecule has 1 aromatic rings. The van der Waals surface area contributed by atoms with E-state index in [0.717, 1.165) is 31.8 Å². The highest BCUT2D eigenvalue weighted by Crippen LogP contribution is 2.33. The molecule has 2 aliphatic rings. The Balaban J connectivity index is 1.87. The lowest BCUT2D eigenvalue weighted by atomic mass is 10.1. The molecule has 1 aromatic heterocycles. The van der Waals surface area contributed by atoms with Crippen LogP contribution in [0.5, 0.6) is 0 Å². The molecule has 1 N–H and O–H groups in total. The quantitative estimate of drug-likeness (QED) is 0.858. The number of likely N-dealkylation sites (N-methyl/N-ethyl adjacent to an activating group) is 1. The van der Waals surface area contributed by atoms with Crippen molar-refractivity contribution < 1.29 is 0 Å². The van der Waals surface area contributed by atoms with Crippen molar-refractivity contribution in [3.8, 4) is 0 Å². The van der Waals surface area contributed by atoms with Gasteiger partial charge in [0.1, 0.15) is 0 Å². The van der Waals surface area contributed by atoms with Crippen LogP contribution in [-0.4, -0.2) is 17.2 Å². The molecule has 1 fully saturated rings. The Kier molecular flexibility index (Phi) is 3.25. The van der Waals surface area contributed by atoms with E-state index in [1.807, 2.05) is 10.6 Å². The lowest BCUT2D eigenvalue weighted by molar-refractivity contribution is 0.405. The number of aromatic nitrogens is 1. The van der Waals surface area contributed by atoms with Crippen LogP contribution in [0.25, 0.3) is 0 Å². The zero-order chi connectivity index (χ0) is 12.5. The van der Waals surface area contributed by atoms with Crippen LogP contribution in [0, 0.1) is 5.92 Å². The number of nitrogens with zero attached hydrogens (tertiary/aromatic N) is 1. The zero-order valence-electron chi connectivity index (χ0n) is 11.1. The van der Waals surface area contributed by atoms with Crippen LogP contribution in [0.2, 0.25) is 0 Å². The molecule has 18 heavy (non-hydrogen) atoms. The molecule has 2 aliphatic carbocycles. The van der Waals surface area contributed by atoms with Crippen LogP contribution < -0.4 is 10.9 Å². The van der Waals surface area contributed by atoms with Gasteiger partial charge in [-0.3, -0.25) is 4.79 Å². The molecule has 1 saturated carbocycles. The molecule has 0 bridgehead atoms. The van der Waals surface area contributed by atoms with Gasteiger partial charge in [-0.2, -0.15) is 0 Å². The van der Waals surface area contributed by atoms with E-state index in [0.29, 0.717) is 6.04 Å². The number of pyridine rings is 1. The van der Waals surface area contributed by atoms with Crippen molar-refractivity contribution in [2.24, 2.45) is 5.92 Å². The molecule has 3 nitrogen and oxygen atoms in total. The van der Waals surface area contributed by atoms with Crippen molar-refractivity contribution in [2.45, 2.75) is 51.6 Å². The van der Waals surface area contributed by atoms with E-state index in [2.05, 4.69) is 12.2 Å². The third-order valence-electron chi connectivity index (χ3n) is 4.29. The Labute approximate surface area is 108 Å². The van der Waals surface area contributed by atoms with Gasteiger partial charge in [-0.05, 0) is 50.1 Å². The first-order valence-electron chi connectivity index (χ1n) is 7.24. The van der Waals surface area contributed by atoms with E-state index in [9.17, 15) is 4.79 Å². The van der Waals surface area contributed by atoms with E-state index >= 15 is 0 Å². The number of aryl methyl sites for hydroxylation is 1. The maximum absolute atomic E-state index is 12.1. The predicted octanol–water partition coefficient (Wildman–Crippen LogP) is 1.73. The Morgan fingerprint density at radius 3 is 2.94 bits per heavy atom. The standard InChI is InChI=1S/C15H22N2O/c1-2-16-13(11-6-7-11)10-17-14-5-3-4-12(14)8-9-15(17)18/h8-9,11,13,16H,2-7,10H2,1H3. The van der Waals surface area contributed by atoms with E-state index in [1.54, 1.807) is 6.07 Å². The van der Waals surface area contributed by atoms with Crippen molar-refractivity contribution in [2.75, 3.05) is 6.54 Å². The minimum Gasteiger partial charge on any atom is -0.312 e. The number of rotatable bonds is 5. The molecule has 3 rings (SSSR count). The van der Waals surface area contributed by atoms with Crippen LogP contribution in [0.1, 0.15) is 37.4 Å². The maximum atomic E-state index is 12.1. The normalized spacial score (nSPS) is 19.8. The molecule has 3 heteroatoms. The monoisotopic (exact) mass is 246 g/mol.